The van der Waals surface area contributed by atoms with Crippen LogP contribution >= 0.6 is 0 Å². The van der Waals surface area contributed by atoms with E-state index in [1.165, 1.54) is 63.0 Å². The highest BCUT2D eigenvalue weighted by atomic mass is 16.5. The lowest BCUT2D eigenvalue weighted by Gasteiger charge is -2.28. The molecule has 0 spiro atoms. The van der Waals surface area contributed by atoms with Gasteiger partial charge in [-0.05, 0) is 81.4 Å². The lowest BCUT2D eigenvalue weighted by Crippen LogP contribution is -2.41. The molecule has 2 aliphatic rings. The van der Waals surface area contributed by atoms with Crippen LogP contribution in [0.4, 0.5) is 0 Å². The molecular weight excluding hydrogens is 296 g/mol. The summed E-state index contributed by atoms with van der Waals surface area (Å²) in [7, 11) is 0. The zero-order valence-corrected chi connectivity index (χ0v) is 15.8. The standard InChI is InChI=1S/C21H34N2O/c1-17(2)21-9-8-20(15-18(21)3)24-14-13-23-12-6-7-19(23)16-22-10-4-5-11-22/h8-9,15,17,19H,4-7,10-14,16H2,1-3H3. The Labute approximate surface area is 148 Å². The second-order valence-corrected chi connectivity index (χ2v) is 7.86. The number of aryl methyl sites for hydroxylation is 1. The molecule has 2 saturated heterocycles. The SMILES string of the molecule is Cc1cc(OCCN2CCCC2CN2CCCC2)ccc1C(C)C. The van der Waals surface area contributed by atoms with E-state index in [-0.39, 0.29) is 0 Å². The highest BCUT2D eigenvalue weighted by Gasteiger charge is 2.27. The van der Waals surface area contributed by atoms with E-state index in [1.54, 1.807) is 0 Å². The molecule has 0 N–H and O–H groups in total. The summed E-state index contributed by atoms with van der Waals surface area (Å²) in [6.07, 6.45) is 5.49. The van der Waals surface area contributed by atoms with Gasteiger partial charge in [0.25, 0.3) is 0 Å². The van der Waals surface area contributed by atoms with E-state index >= 15 is 0 Å². The van der Waals surface area contributed by atoms with Gasteiger partial charge in [0.05, 0.1) is 0 Å². The van der Waals surface area contributed by atoms with Crippen molar-refractivity contribution in [3.63, 3.8) is 0 Å². The maximum atomic E-state index is 6.05. The first-order valence-electron chi connectivity index (χ1n) is 9.83. The Balaban J connectivity index is 1.46. The number of ether oxygens (including phenoxy) is 1. The Bertz CT molecular complexity index is 523. The molecular formula is C21H34N2O. The largest absolute Gasteiger partial charge is 0.492 e. The molecule has 2 heterocycles. The monoisotopic (exact) mass is 330 g/mol. The summed E-state index contributed by atoms with van der Waals surface area (Å²) in [5.41, 5.74) is 2.77. The molecule has 0 aliphatic carbocycles. The van der Waals surface area contributed by atoms with E-state index in [2.05, 4.69) is 48.8 Å². The third-order valence-electron chi connectivity index (χ3n) is 5.68. The maximum absolute atomic E-state index is 6.05. The number of benzene rings is 1. The predicted molar refractivity (Wildman–Crippen MR) is 101 cm³/mol. The third kappa shape index (κ3) is 4.52. The number of likely N-dealkylation sites (tertiary alicyclic amines) is 2. The van der Waals surface area contributed by atoms with E-state index in [4.69, 9.17) is 4.74 Å². The molecule has 1 unspecified atom stereocenters. The van der Waals surface area contributed by atoms with Crippen molar-refractivity contribution in [2.24, 2.45) is 0 Å². The fraction of sp³-hybridized carbons (Fsp3) is 0.714. The molecule has 0 amide bonds. The van der Waals surface area contributed by atoms with Crippen LogP contribution in [0.25, 0.3) is 0 Å². The van der Waals surface area contributed by atoms with Crippen LogP contribution in [0.1, 0.15) is 56.6 Å². The minimum atomic E-state index is 0.579. The van der Waals surface area contributed by atoms with E-state index in [0.717, 1.165) is 24.9 Å². The summed E-state index contributed by atoms with van der Waals surface area (Å²) in [4.78, 5) is 5.30. The number of nitrogens with zero attached hydrogens (tertiary/aromatic N) is 2. The highest BCUT2D eigenvalue weighted by Crippen LogP contribution is 2.24. The zero-order valence-electron chi connectivity index (χ0n) is 15.8. The average molecular weight is 331 g/mol. The molecule has 1 aromatic rings. The number of hydrogen-bond donors (Lipinski definition) is 0. The van der Waals surface area contributed by atoms with Crippen LogP contribution < -0.4 is 4.74 Å². The highest BCUT2D eigenvalue weighted by molar-refractivity contribution is 5.36. The van der Waals surface area contributed by atoms with Gasteiger partial charge in [-0.2, -0.15) is 0 Å². The van der Waals surface area contributed by atoms with Gasteiger partial charge < -0.3 is 9.64 Å². The minimum Gasteiger partial charge on any atom is -0.492 e. The van der Waals surface area contributed by atoms with Crippen molar-refractivity contribution in [2.45, 2.75) is 58.4 Å². The van der Waals surface area contributed by atoms with Gasteiger partial charge in [-0.3, -0.25) is 4.90 Å². The molecule has 1 aromatic carbocycles. The van der Waals surface area contributed by atoms with Crippen molar-refractivity contribution in [1.82, 2.24) is 9.80 Å². The fourth-order valence-corrected chi connectivity index (χ4v) is 4.33. The molecule has 0 aromatic heterocycles. The van der Waals surface area contributed by atoms with Crippen LogP contribution in [-0.4, -0.2) is 55.2 Å². The summed E-state index contributed by atoms with van der Waals surface area (Å²) in [5, 5.41) is 0. The van der Waals surface area contributed by atoms with Crippen LogP contribution in [-0.2, 0) is 0 Å². The zero-order chi connectivity index (χ0) is 16.9. The second-order valence-electron chi connectivity index (χ2n) is 7.86. The van der Waals surface area contributed by atoms with Crippen LogP contribution in [0, 0.1) is 6.92 Å². The Morgan fingerprint density at radius 2 is 1.92 bits per heavy atom. The first-order valence-corrected chi connectivity index (χ1v) is 9.83. The number of hydrogen-bond acceptors (Lipinski definition) is 3. The predicted octanol–water partition coefficient (Wildman–Crippen LogP) is 4.06. The van der Waals surface area contributed by atoms with Crippen LogP contribution in [0.5, 0.6) is 5.75 Å². The van der Waals surface area contributed by atoms with E-state index in [1.807, 2.05) is 0 Å². The Kier molecular flexibility index (Phi) is 6.18. The lowest BCUT2D eigenvalue weighted by atomic mass is 9.98. The Morgan fingerprint density at radius 1 is 1.12 bits per heavy atom. The van der Waals surface area contributed by atoms with Crippen molar-refractivity contribution >= 4 is 0 Å². The minimum absolute atomic E-state index is 0.579. The van der Waals surface area contributed by atoms with Crippen molar-refractivity contribution in [1.29, 1.82) is 0 Å². The third-order valence-corrected chi connectivity index (χ3v) is 5.68. The van der Waals surface area contributed by atoms with Crippen LogP contribution in [0.15, 0.2) is 18.2 Å². The fourth-order valence-electron chi connectivity index (χ4n) is 4.33. The van der Waals surface area contributed by atoms with Crippen LogP contribution in [0.2, 0.25) is 0 Å². The van der Waals surface area contributed by atoms with Gasteiger partial charge >= 0.3 is 0 Å². The van der Waals surface area contributed by atoms with Gasteiger partial charge in [0, 0.05) is 19.1 Å². The number of rotatable bonds is 7. The molecule has 3 rings (SSSR count). The molecule has 2 aliphatic heterocycles. The van der Waals surface area contributed by atoms with E-state index in [9.17, 15) is 0 Å². The summed E-state index contributed by atoms with van der Waals surface area (Å²) in [5.74, 6) is 1.60. The van der Waals surface area contributed by atoms with Gasteiger partial charge in [0.2, 0.25) is 0 Å². The van der Waals surface area contributed by atoms with Crippen molar-refractivity contribution < 1.29 is 4.74 Å². The topological polar surface area (TPSA) is 15.7 Å². The van der Waals surface area contributed by atoms with Crippen molar-refractivity contribution in [2.75, 3.05) is 39.3 Å². The molecule has 1 atom stereocenters. The van der Waals surface area contributed by atoms with Gasteiger partial charge in [0.1, 0.15) is 12.4 Å². The van der Waals surface area contributed by atoms with Gasteiger partial charge in [-0.25, -0.2) is 0 Å². The molecule has 0 radical (unpaired) electrons. The molecule has 3 heteroatoms. The van der Waals surface area contributed by atoms with Crippen molar-refractivity contribution in [3.05, 3.63) is 29.3 Å². The van der Waals surface area contributed by atoms with Gasteiger partial charge in [0.15, 0.2) is 0 Å². The summed E-state index contributed by atoms with van der Waals surface area (Å²) in [6, 6.07) is 7.30. The summed E-state index contributed by atoms with van der Waals surface area (Å²) in [6.45, 7) is 13.7. The van der Waals surface area contributed by atoms with E-state index in [0.29, 0.717) is 5.92 Å². The van der Waals surface area contributed by atoms with Crippen molar-refractivity contribution in [3.8, 4) is 5.75 Å². The maximum Gasteiger partial charge on any atom is 0.119 e. The first kappa shape index (κ1) is 17.8. The molecule has 24 heavy (non-hydrogen) atoms. The molecule has 0 saturated carbocycles. The quantitative estimate of drug-likeness (QED) is 0.750. The smallest absolute Gasteiger partial charge is 0.119 e. The molecule has 3 nitrogen and oxygen atoms in total. The van der Waals surface area contributed by atoms with E-state index < -0.39 is 0 Å². The lowest BCUT2D eigenvalue weighted by molar-refractivity contribution is 0.163. The average Bonchev–Trinajstić information content (AvgIpc) is 3.20. The summed E-state index contributed by atoms with van der Waals surface area (Å²) < 4.78 is 6.05. The van der Waals surface area contributed by atoms with Gasteiger partial charge in [-0.1, -0.05) is 19.9 Å². The Hall–Kier alpha value is -1.06. The molecule has 0 bridgehead atoms. The first-order chi connectivity index (χ1) is 11.6. The summed E-state index contributed by atoms with van der Waals surface area (Å²) >= 11 is 0. The molecule has 2 fully saturated rings. The molecule has 134 valence electrons. The normalized spacial score (nSPS) is 22.6. The van der Waals surface area contributed by atoms with Crippen LogP contribution in [0.3, 0.4) is 0 Å². The second kappa shape index (κ2) is 8.35. The Morgan fingerprint density at radius 3 is 2.62 bits per heavy atom. The van der Waals surface area contributed by atoms with Gasteiger partial charge in [-0.15, -0.1) is 0 Å².